The third-order valence-corrected chi connectivity index (χ3v) is 9.96. The minimum Gasteiger partial charge on any atom is -0.479 e. The first-order valence-corrected chi connectivity index (χ1v) is 17.3. The molecule has 0 bridgehead atoms. The second-order valence-corrected chi connectivity index (χ2v) is 14.3. The van der Waals surface area contributed by atoms with Crippen molar-refractivity contribution in [3.8, 4) is 22.9 Å². The van der Waals surface area contributed by atoms with Crippen LogP contribution in [-0.2, 0) is 25.4 Å². The zero-order valence-electron chi connectivity index (χ0n) is 29.7. The number of nitrogens with one attached hydrogen (secondary N) is 1. The molecule has 1 amide bonds. The van der Waals surface area contributed by atoms with E-state index >= 15 is 0 Å². The van der Waals surface area contributed by atoms with E-state index in [0.29, 0.717) is 42.8 Å². The van der Waals surface area contributed by atoms with Crippen LogP contribution >= 0.6 is 0 Å². The predicted molar refractivity (Wildman–Crippen MR) is 201 cm³/mol. The summed E-state index contributed by atoms with van der Waals surface area (Å²) in [6.07, 6.45) is 6.86. The molecule has 0 unspecified atom stereocenters. The number of hydrogen-bond donors (Lipinski definition) is 1. The van der Waals surface area contributed by atoms with Crippen LogP contribution in [0.1, 0.15) is 93.4 Å². The molecule has 4 aliphatic heterocycles. The first-order valence-electron chi connectivity index (χ1n) is 17.3. The van der Waals surface area contributed by atoms with Gasteiger partial charge in [0.2, 0.25) is 0 Å². The summed E-state index contributed by atoms with van der Waals surface area (Å²) in [5.41, 5.74) is 3.68. The van der Waals surface area contributed by atoms with Crippen LogP contribution in [0.25, 0.3) is 11.4 Å². The van der Waals surface area contributed by atoms with Gasteiger partial charge in [-0.25, -0.2) is 14.4 Å². The molecule has 284 valence electrons. The zero-order chi connectivity index (χ0) is 36.0. The Morgan fingerprint density at radius 1 is 0.698 bits per heavy atom. The van der Waals surface area contributed by atoms with Crippen LogP contribution in [0.5, 0.6) is 11.5 Å². The van der Waals surface area contributed by atoms with E-state index in [1.165, 1.54) is 19.9 Å². The molecule has 2 fully saturated rings. The Bertz CT molecular complexity index is 1960. The van der Waals surface area contributed by atoms with Gasteiger partial charge in [-0.2, -0.15) is 0 Å². The second-order valence-electron chi connectivity index (χ2n) is 14.3. The predicted octanol–water partition coefficient (Wildman–Crippen LogP) is 7.39. The number of fused-ring (bicyclic) bond motifs is 8. The number of likely N-dealkylation sites (tertiary alicyclic amines) is 1. The van der Waals surface area contributed by atoms with E-state index in [1.54, 1.807) is 29.2 Å². The zero-order valence-corrected chi connectivity index (χ0v) is 29.7. The van der Waals surface area contributed by atoms with Crippen LogP contribution in [0.2, 0.25) is 0 Å². The lowest BCUT2D eigenvalue weighted by molar-refractivity contribution is -0.0269. The van der Waals surface area contributed by atoms with Gasteiger partial charge in [-0.15, -0.1) is 0 Å². The molecule has 0 atom stereocenters. The number of methoxy groups -OCH3 is 2. The highest BCUT2D eigenvalue weighted by Crippen LogP contribution is 2.46. The minimum absolute atomic E-state index is 0. The van der Waals surface area contributed by atoms with Gasteiger partial charge in [-0.1, -0.05) is 14.9 Å². The highest BCUT2D eigenvalue weighted by atomic mass is 16.6. The summed E-state index contributed by atoms with van der Waals surface area (Å²) in [7, 11) is 2.75. The summed E-state index contributed by atoms with van der Waals surface area (Å²) in [4.78, 5) is 37.9. The summed E-state index contributed by atoms with van der Waals surface area (Å²) in [6, 6.07) is 19.0. The average Bonchev–Trinajstić information content (AvgIpc) is 3.83. The average molecular weight is 729 g/mol. The van der Waals surface area contributed by atoms with Crippen molar-refractivity contribution in [2.75, 3.05) is 40.4 Å². The molecule has 6 heterocycles. The molecule has 8 rings (SSSR count). The fourth-order valence-electron chi connectivity index (χ4n) is 7.45. The van der Waals surface area contributed by atoms with Crippen LogP contribution in [0.15, 0.2) is 73.1 Å². The van der Waals surface area contributed by atoms with E-state index in [0.717, 1.165) is 48.7 Å². The molecule has 0 radical (unpaired) electrons. The van der Waals surface area contributed by atoms with Gasteiger partial charge in [0, 0.05) is 51.2 Å². The summed E-state index contributed by atoms with van der Waals surface area (Å²) in [5, 5.41) is 3.38. The summed E-state index contributed by atoms with van der Waals surface area (Å²) < 4.78 is 32.3. The maximum absolute atomic E-state index is 12.4. The molecule has 0 aliphatic carbocycles. The topological polar surface area (TPSA) is 122 Å². The maximum Gasteiger partial charge on any atom is 0.410 e. The number of amides is 1. The Labute approximate surface area is 311 Å². The van der Waals surface area contributed by atoms with Gasteiger partial charge >= 0.3 is 18.0 Å². The van der Waals surface area contributed by atoms with Gasteiger partial charge in [0.1, 0.15) is 17.1 Å². The quantitative estimate of drug-likeness (QED) is 0.166. The van der Waals surface area contributed by atoms with E-state index in [4.69, 9.17) is 23.7 Å². The van der Waals surface area contributed by atoms with Crippen molar-refractivity contribution in [3.05, 3.63) is 95.6 Å². The van der Waals surface area contributed by atoms with Gasteiger partial charge < -0.3 is 43.0 Å². The van der Waals surface area contributed by atoms with E-state index in [2.05, 4.69) is 32.8 Å². The van der Waals surface area contributed by atoms with Gasteiger partial charge in [0.25, 0.3) is 0 Å². The SMILES string of the molecule is C.C.COC(=O)c1ccc2c(c1)OC1(CCN(C(=O)OC(C)(C)C)CC1)c1cccn1-2.COC(=O)c1ccc2c(c1)OC1(CCNCC1)c1cccn1-2. The highest BCUT2D eigenvalue weighted by molar-refractivity contribution is 5.91. The molecule has 4 aliphatic rings. The lowest BCUT2D eigenvalue weighted by Gasteiger charge is -2.45. The van der Waals surface area contributed by atoms with Gasteiger partial charge in [-0.05, 0) is 94.5 Å². The minimum atomic E-state index is -0.552. The van der Waals surface area contributed by atoms with Crippen LogP contribution < -0.4 is 14.8 Å². The van der Waals surface area contributed by atoms with Crippen molar-refractivity contribution in [2.24, 2.45) is 0 Å². The van der Waals surface area contributed by atoms with Crippen molar-refractivity contribution in [1.29, 1.82) is 0 Å². The number of ether oxygens (including phenoxy) is 5. The van der Waals surface area contributed by atoms with Crippen LogP contribution in [-0.4, -0.2) is 78.1 Å². The Morgan fingerprint density at radius 3 is 1.58 bits per heavy atom. The largest absolute Gasteiger partial charge is 0.479 e. The first kappa shape index (κ1) is 39.0. The first-order chi connectivity index (χ1) is 24.5. The number of rotatable bonds is 2. The van der Waals surface area contributed by atoms with Gasteiger partial charge in [0.15, 0.2) is 11.2 Å². The van der Waals surface area contributed by atoms with Crippen LogP contribution in [0, 0.1) is 0 Å². The van der Waals surface area contributed by atoms with Crippen LogP contribution in [0.4, 0.5) is 4.79 Å². The molecule has 12 nitrogen and oxygen atoms in total. The number of nitrogens with zero attached hydrogens (tertiary/aromatic N) is 3. The van der Waals surface area contributed by atoms with Gasteiger partial charge in [-0.3, -0.25) is 0 Å². The number of benzene rings is 2. The fraction of sp³-hybridized carbons (Fsp3) is 0.439. The lowest BCUT2D eigenvalue weighted by atomic mass is 9.86. The summed E-state index contributed by atoms with van der Waals surface area (Å²) in [5.74, 6) is 0.642. The number of carbonyl (C=O) groups excluding carboxylic acids is 3. The molecule has 0 saturated carbocycles. The van der Waals surface area contributed by atoms with Crippen LogP contribution in [0.3, 0.4) is 0 Å². The molecule has 4 aromatic rings. The summed E-state index contributed by atoms with van der Waals surface area (Å²) >= 11 is 0. The van der Waals surface area contributed by atoms with E-state index in [-0.39, 0.29) is 32.5 Å². The van der Waals surface area contributed by atoms with E-state index in [1.807, 2.05) is 51.2 Å². The van der Waals surface area contributed by atoms with Crippen molar-refractivity contribution in [2.45, 2.75) is 78.1 Å². The number of piperidine rings is 2. The van der Waals surface area contributed by atoms with Crippen molar-refractivity contribution < 1.29 is 38.1 Å². The number of carbonyl (C=O) groups is 3. The highest BCUT2D eigenvalue weighted by Gasteiger charge is 2.46. The number of esters is 2. The van der Waals surface area contributed by atoms with Gasteiger partial charge in [0.05, 0.1) is 48.1 Å². The van der Waals surface area contributed by atoms with Crippen molar-refractivity contribution in [1.82, 2.24) is 19.4 Å². The normalized spacial score (nSPS) is 17.0. The Balaban J connectivity index is 0.000000203. The molecule has 53 heavy (non-hydrogen) atoms. The molecular formula is C41H52N4O8. The fourth-order valence-corrected chi connectivity index (χ4v) is 7.45. The molecule has 12 heteroatoms. The number of aromatic nitrogens is 2. The van der Waals surface area contributed by atoms with Crippen molar-refractivity contribution in [3.63, 3.8) is 0 Å². The monoisotopic (exact) mass is 728 g/mol. The number of hydrogen-bond acceptors (Lipinski definition) is 9. The molecule has 2 aromatic carbocycles. The Morgan fingerprint density at radius 2 is 1.15 bits per heavy atom. The smallest absolute Gasteiger partial charge is 0.410 e. The molecule has 1 N–H and O–H groups in total. The molecule has 2 aromatic heterocycles. The second kappa shape index (κ2) is 15.0. The van der Waals surface area contributed by atoms with E-state index < -0.39 is 17.2 Å². The molecule has 2 saturated heterocycles. The Hall–Kier alpha value is -5.23. The Kier molecular flexibility index (Phi) is 11.0. The third-order valence-electron chi connectivity index (χ3n) is 9.96. The standard InChI is InChI=1S/C22H26N2O5.C17H18N2O3.2CH4/c1-21(2,3)29-20(26)23-12-9-22(10-13-23)18-6-5-11-24(18)16-8-7-15(19(25)27-4)14-17(16)28-22;1-21-16(20)12-4-5-13-14(11-12)22-17(6-8-18-9-7-17)15-3-2-10-19(13)15;;/h5-8,11,14H,9-10,12-13H2,1-4H3;2-5,10-11,18H,6-9H2,1H3;2*1H4. The van der Waals surface area contributed by atoms with Crippen molar-refractivity contribution >= 4 is 18.0 Å². The summed E-state index contributed by atoms with van der Waals surface area (Å²) in [6.45, 7) is 8.52. The third kappa shape index (κ3) is 7.24. The van der Waals surface area contributed by atoms with E-state index in [9.17, 15) is 14.4 Å². The molecular weight excluding hydrogens is 676 g/mol. The molecule has 2 spiro atoms. The maximum atomic E-state index is 12.4. The lowest BCUT2D eigenvalue weighted by Crippen LogP contribution is -2.50.